The van der Waals surface area contributed by atoms with E-state index in [4.69, 9.17) is 0 Å². The molecule has 4 rings (SSSR count). The van der Waals surface area contributed by atoms with Crippen LogP contribution in [0.4, 0.5) is 0 Å². The number of hydrogen-bond donors (Lipinski definition) is 0. The van der Waals surface area contributed by atoms with Crippen LogP contribution in [0.5, 0.6) is 0 Å². The van der Waals surface area contributed by atoms with Crippen LogP contribution in [0, 0.1) is 6.92 Å². The largest absolute Gasteiger partial charge is 0.246 e. The minimum Gasteiger partial charge on any atom is -0.246 e. The number of rotatable bonds is 6. The van der Waals surface area contributed by atoms with Crippen molar-refractivity contribution in [1.29, 1.82) is 0 Å². The zero-order valence-corrected chi connectivity index (χ0v) is 15.1. The van der Waals surface area contributed by atoms with Crippen molar-refractivity contribution in [1.82, 2.24) is 34.3 Å². The molecule has 26 heavy (non-hydrogen) atoms. The van der Waals surface area contributed by atoms with Crippen LogP contribution in [0.3, 0.4) is 0 Å². The van der Waals surface area contributed by atoms with Crippen LogP contribution in [0.1, 0.15) is 22.9 Å². The fourth-order valence-electron chi connectivity index (χ4n) is 2.95. The van der Waals surface area contributed by atoms with Gasteiger partial charge in [0.05, 0.1) is 30.4 Å². The molecule has 1 saturated heterocycles. The molecule has 10 heteroatoms. The first-order chi connectivity index (χ1) is 12.5. The molecule has 2 aromatic heterocycles. The van der Waals surface area contributed by atoms with E-state index in [1.165, 1.54) is 9.10 Å². The molecule has 0 radical (unpaired) electrons. The highest BCUT2D eigenvalue weighted by atomic mass is 32.2. The van der Waals surface area contributed by atoms with E-state index in [1.54, 1.807) is 17.1 Å². The van der Waals surface area contributed by atoms with Crippen molar-refractivity contribution >= 4 is 10.0 Å². The fourth-order valence-corrected chi connectivity index (χ4v) is 4.53. The smallest absolute Gasteiger partial charge is 0.218 e. The Morgan fingerprint density at radius 3 is 2.69 bits per heavy atom. The molecule has 0 bridgehead atoms. The first-order valence-corrected chi connectivity index (χ1v) is 9.89. The van der Waals surface area contributed by atoms with E-state index < -0.39 is 10.0 Å². The Kier molecular flexibility index (Phi) is 4.29. The van der Waals surface area contributed by atoms with E-state index >= 15 is 0 Å². The normalized spacial score (nSPS) is 15.9. The van der Waals surface area contributed by atoms with Crippen LogP contribution < -0.4 is 0 Å². The molecule has 0 amide bonds. The number of nitrogens with zero attached hydrogens (tertiary/aromatic N) is 7. The summed E-state index contributed by atoms with van der Waals surface area (Å²) in [5, 5.41) is 16.3. The quantitative estimate of drug-likeness (QED) is 0.628. The van der Waals surface area contributed by atoms with E-state index in [2.05, 4.69) is 20.5 Å². The van der Waals surface area contributed by atoms with Crippen LogP contribution in [0.15, 0.2) is 42.9 Å². The maximum Gasteiger partial charge on any atom is 0.218 e. The zero-order chi connectivity index (χ0) is 18.1. The molecule has 1 aliphatic heterocycles. The summed E-state index contributed by atoms with van der Waals surface area (Å²) in [5.74, 6) is 0.0228. The molecule has 0 unspecified atom stereocenters. The monoisotopic (exact) mass is 373 g/mol. The van der Waals surface area contributed by atoms with Crippen molar-refractivity contribution in [2.75, 3.05) is 13.1 Å². The molecule has 9 nitrogen and oxygen atoms in total. The first kappa shape index (κ1) is 16.9. The second kappa shape index (κ2) is 6.61. The molecule has 1 aliphatic rings. The number of aryl methyl sites for hydroxylation is 1. The summed E-state index contributed by atoms with van der Waals surface area (Å²) in [4.78, 5) is 1.52. The molecular weight excluding hydrogens is 354 g/mol. The zero-order valence-electron chi connectivity index (χ0n) is 14.3. The van der Waals surface area contributed by atoms with Gasteiger partial charge in [0.25, 0.3) is 0 Å². The Hall–Kier alpha value is -2.59. The lowest BCUT2D eigenvalue weighted by molar-refractivity contribution is 0.188. The van der Waals surface area contributed by atoms with Gasteiger partial charge >= 0.3 is 0 Å². The summed E-state index contributed by atoms with van der Waals surface area (Å²) in [7, 11) is -3.32. The third-order valence-corrected chi connectivity index (χ3v) is 6.14. The van der Waals surface area contributed by atoms with Crippen LogP contribution in [-0.4, -0.2) is 55.8 Å². The average Bonchev–Trinajstić information content (AvgIpc) is 3.18. The van der Waals surface area contributed by atoms with E-state index in [0.717, 1.165) is 16.8 Å². The number of hydrogen-bond acceptors (Lipinski definition) is 6. The summed E-state index contributed by atoms with van der Waals surface area (Å²) in [6.45, 7) is 3.22. The van der Waals surface area contributed by atoms with Crippen LogP contribution in [0.25, 0.3) is 0 Å². The average molecular weight is 373 g/mol. The second-order valence-electron chi connectivity index (χ2n) is 6.47. The fraction of sp³-hybridized carbons (Fsp3) is 0.375. The minimum atomic E-state index is -3.32. The lowest BCUT2D eigenvalue weighted by Gasteiger charge is -2.37. The van der Waals surface area contributed by atoms with Gasteiger partial charge in [-0.05, 0) is 12.5 Å². The lowest BCUT2D eigenvalue weighted by Crippen LogP contribution is -2.51. The SMILES string of the molecule is Cc1cccc(CS(=O)(=O)N2CC(n3cc(Cn4nccn4)nn3)C2)c1. The second-order valence-corrected chi connectivity index (χ2v) is 8.43. The van der Waals surface area contributed by atoms with E-state index in [0.29, 0.717) is 19.6 Å². The Morgan fingerprint density at radius 2 is 1.96 bits per heavy atom. The molecule has 0 atom stereocenters. The Labute approximate surface area is 151 Å². The molecule has 1 aromatic carbocycles. The van der Waals surface area contributed by atoms with Gasteiger partial charge in [0, 0.05) is 13.1 Å². The van der Waals surface area contributed by atoms with Crippen molar-refractivity contribution in [3.8, 4) is 0 Å². The maximum atomic E-state index is 12.5. The molecule has 3 heterocycles. The van der Waals surface area contributed by atoms with E-state index in [1.807, 2.05) is 37.4 Å². The standard InChI is InChI=1S/C16H19N7O2S/c1-13-3-2-4-14(7-13)12-26(24,25)21-10-16(11-21)22-8-15(19-20-22)9-23-17-5-6-18-23/h2-8,16H,9-12H2,1H3. The van der Waals surface area contributed by atoms with Crippen molar-refractivity contribution in [2.24, 2.45) is 0 Å². The third kappa shape index (κ3) is 3.51. The molecular formula is C16H19N7O2S. The van der Waals surface area contributed by atoms with Gasteiger partial charge in [-0.15, -0.1) is 5.10 Å². The Morgan fingerprint density at radius 1 is 1.19 bits per heavy atom. The summed E-state index contributed by atoms with van der Waals surface area (Å²) >= 11 is 0. The number of aromatic nitrogens is 6. The van der Waals surface area contributed by atoms with Crippen molar-refractivity contribution in [3.63, 3.8) is 0 Å². The van der Waals surface area contributed by atoms with Gasteiger partial charge in [-0.1, -0.05) is 35.0 Å². The highest BCUT2D eigenvalue weighted by Gasteiger charge is 2.37. The molecule has 0 saturated carbocycles. The van der Waals surface area contributed by atoms with Gasteiger partial charge in [-0.25, -0.2) is 13.1 Å². The predicted octanol–water partition coefficient (Wildman–Crippen LogP) is 0.613. The van der Waals surface area contributed by atoms with Crippen molar-refractivity contribution < 1.29 is 8.42 Å². The van der Waals surface area contributed by atoms with Crippen molar-refractivity contribution in [2.45, 2.75) is 25.3 Å². The minimum absolute atomic E-state index is 0.00844. The van der Waals surface area contributed by atoms with Crippen LogP contribution in [-0.2, 0) is 22.3 Å². The Bertz CT molecular complexity index is 991. The lowest BCUT2D eigenvalue weighted by atomic mass is 10.2. The van der Waals surface area contributed by atoms with Gasteiger partial charge in [0.15, 0.2) is 0 Å². The summed E-state index contributed by atoms with van der Waals surface area (Å²) < 4.78 is 28.3. The highest BCUT2D eigenvalue weighted by molar-refractivity contribution is 7.88. The van der Waals surface area contributed by atoms with Gasteiger partial charge in [-0.2, -0.15) is 19.3 Å². The Balaban J connectivity index is 1.36. The van der Waals surface area contributed by atoms with Crippen LogP contribution in [0.2, 0.25) is 0 Å². The maximum absolute atomic E-state index is 12.5. The van der Waals surface area contributed by atoms with Crippen molar-refractivity contribution in [3.05, 3.63) is 59.7 Å². The van der Waals surface area contributed by atoms with Crippen LogP contribution >= 0.6 is 0 Å². The summed E-state index contributed by atoms with van der Waals surface area (Å²) in [6, 6.07) is 7.59. The van der Waals surface area contributed by atoms with E-state index in [-0.39, 0.29) is 11.8 Å². The van der Waals surface area contributed by atoms with Gasteiger partial charge in [0.2, 0.25) is 10.0 Å². The topological polar surface area (TPSA) is 98.8 Å². The predicted molar refractivity (Wildman–Crippen MR) is 93.6 cm³/mol. The van der Waals surface area contributed by atoms with Gasteiger partial charge in [0.1, 0.15) is 12.2 Å². The number of sulfonamides is 1. The summed E-state index contributed by atoms with van der Waals surface area (Å²) in [6.07, 6.45) is 5.03. The summed E-state index contributed by atoms with van der Waals surface area (Å²) in [5.41, 5.74) is 2.60. The van der Waals surface area contributed by atoms with Gasteiger partial charge in [-0.3, -0.25) is 0 Å². The van der Waals surface area contributed by atoms with E-state index in [9.17, 15) is 8.42 Å². The molecule has 1 fully saturated rings. The highest BCUT2D eigenvalue weighted by Crippen LogP contribution is 2.25. The molecule has 0 aliphatic carbocycles. The molecule has 3 aromatic rings. The molecule has 0 spiro atoms. The van der Waals surface area contributed by atoms with Gasteiger partial charge < -0.3 is 0 Å². The number of benzene rings is 1. The molecule has 136 valence electrons. The first-order valence-electron chi connectivity index (χ1n) is 8.28. The molecule has 0 N–H and O–H groups in total. The third-order valence-electron chi connectivity index (χ3n) is 4.36.